The quantitative estimate of drug-likeness (QED) is 0.932. The topological polar surface area (TPSA) is 73.2 Å². The van der Waals surface area contributed by atoms with E-state index in [0.29, 0.717) is 18.1 Å². The van der Waals surface area contributed by atoms with Crippen molar-refractivity contribution in [1.29, 1.82) is 5.26 Å². The zero-order chi connectivity index (χ0) is 14.6. The number of benzene rings is 1. The van der Waals surface area contributed by atoms with Crippen molar-refractivity contribution in [1.82, 2.24) is 4.31 Å². The van der Waals surface area contributed by atoms with E-state index < -0.39 is 10.2 Å². The smallest absolute Gasteiger partial charge is 0.270 e. The molecule has 0 saturated carbocycles. The van der Waals surface area contributed by atoms with E-state index >= 15 is 0 Å². The van der Waals surface area contributed by atoms with Crippen LogP contribution in [0.25, 0.3) is 0 Å². The summed E-state index contributed by atoms with van der Waals surface area (Å²) in [5.41, 5.74) is 0.483. The van der Waals surface area contributed by atoms with Crippen LogP contribution in [0.5, 0.6) is 0 Å². The van der Waals surface area contributed by atoms with Crippen LogP contribution < -0.4 is 4.72 Å². The molecule has 1 aromatic carbocycles. The Balaban J connectivity index is 2.23. The molecular formula is C13H16ClN3O2S. The fourth-order valence-electron chi connectivity index (χ4n) is 2.18. The summed E-state index contributed by atoms with van der Waals surface area (Å²) in [6.07, 6.45) is 3.82. The molecule has 0 aromatic heterocycles. The number of hydrogen-bond donors (Lipinski definition) is 1. The number of rotatable bonds is 3. The molecular weight excluding hydrogens is 298 g/mol. The first kappa shape index (κ1) is 15.1. The van der Waals surface area contributed by atoms with E-state index in [0.717, 1.165) is 25.7 Å². The predicted molar refractivity (Wildman–Crippen MR) is 78.8 cm³/mol. The summed E-state index contributed by atoms with van der Waals surface area (Å²) in [6, 6.07) is 6.47. The number of nitrogens with one attached hydrogen (secondary N) is 1. The van der Waals surface area contributed by atoms with Crippen molar-refractivity contribution in [2.45, 2.75) is 25.7 Å². The third-order valence-electron chi connectivity index (χ3n) is 3.25. The number of nitrogens with zero attached hydrogens (tertiary/aromatic N) is 2. The predicted octanol–water partition coefficient (Wildman–Crippen LogP) is 2.74. The van der Waals surface area contributed by atoms with Gasteiger partial charge in [-0.1, -0.05) is 24.4 Å². The highest BCUT2D eigenvalue weighted by molar-refractivity contribution is 7.90. The van der Waals surface area contributed by atoms with E-state index in [2.05, 4.69) is 4.72 Å². The van der Waals surface area contributed by atoms with Crippen molar-refractivity contribution in [3.05, 3.63) is 28.8 Å². The molecule has 7 heteroatoms. The lowest BCUT2D eigenvalue weighted by molar-refractivity contribution is 0.427. The summed E-state index contributed by atoms with van der Waals surface area (Å²) in [7, 11) is -3.64. The Bertz CT molecular complexity index is 617. The molecule has 108 valence electrons. The van der Waals surface area contributed by atoms with Gasteiger partial charge in [-0.25, -0.2) is 0 Å². The van der Waals surface area contributed by atoms with Gasteiger partial charge in [0.1, 0.15) is 6.07 Å². The van der Waals surface area contributed by atoms with Crippen molar-refractivity contribution in [3.8, 4) is 6.07 Å². The largest absolute Gasteiger partial charge is 0.301 e. The van der Waals surface area contributed by atoms with E-state index in [1.165, 1.54) is 16.4 Å². The zero-order valence-electron chi connectivity index (χ0n) is 11.0. The van der Waals surface area contributed by atoms with Crippen LogP contribution in [-0.4, -0.2) is 25.8 Å². The third-order valence-corrected chi connectivity index (χ3v) is 5.00. The van der Waals surface area contributed by atoms with Gasteiger partial charge in [0.25, 0.3) is 0 Å². The summed E-state index contributed by atoms with van der Waals surface area (Å²) in [6.45, 7) is 1.02. The van der Waals surface area contributed by atoms with Gasteiger partial charge in [0.05, 0.1) is 11.3 Å². The highest BCUT2D eigenvalue weighted by atomic mass is 35.5. The Morgan fingerprint density at radius 3 is 2.45 bits per heavy atom. The minimum absolute atomic E-state index is 0.226. The summed E-state index contributed by atoms with van der Waals surface area (Å²) >= 11 is 5.86. The fraction of sp³-hybridized carbons (Fsp3) is 0.462. The van der Waals surface area contributed by atoms with Gasteiger partial charge in [-0.2, -0.15) is 18.0 Å². The van der Waals surface area contributed by atoms with Crippen molar-refractivity contribution >= 4 is 27.5 Å². The number of anilines is 1. The molecule has 0 spiro atoms. The molecule has 1 aliphatic rings. The zero-order valence-corrected chi connectivity index (χ0v) is 12.5. The average Bonchev–Trinajstić information content (AvgIpc) is 2.68. The molecule has 0 unspecified atom stereocenters. The monoisotopic (exact) mass is 313 g/mol. The summed E-state index contributed by atoms with van der Waals surface area (Å²) in [4.78, 5) is 0. The Labute approximate surface area is 124 Å². The second-order valence-corrected chi connectivity index (χ2v) is 6.83. The average molecular weight is 314 g/mol. The van der Waals surface area contributed by atoms with Gasteiger partial charge in [0, 0.05) is 18.1 Å². The lowest BCUT2D eigenvalue weighted by Gasteiger charge is -2.21. The standard InChI is InChI=1S/C13H16ClN3O2S/c14-12-6-5-11(10-15)13(9-12)16-20(18,19)17-7-3-1-2-4-8-17/h5-6,9,16H,1-4,7-8H2. The molecule has 1 aromatic rings. The number of halogens is 1. The Morgan fingerprint density at radius 2 is 1.85 bits per heavy atom. The number of hydrogen-bond acceptors (Lipinski definition) is 3. The minimum Gasteiger partial charge on any atom is -0.270 e. The van der Waals surface area contributed by atoms with E-state index in [1.54, 1.807) is 6.07 Å². The molecule has 1 saturated heterocycles. The Morgan fingerprint density at radius 1 is 1.20 bits per heavy atom. The highest BCUT2D eigenvalue weighted by Crippen LogP contribution is 2.23. The normalized spacial score (nSPS) is 17.2. The molecule has 1 N–H and O–H groups in total. The van der Waals surface area contributed by atoms with Crippen LogP contribution in [0.2, 0.25) is 5.02 Å². The van der Waals surface area contributed by atoms with Gasteiger partial charge >= 0.3 is 10.2 Å². The SMILES string of the molecule is N#Cc1ccc(Cl)cc1NS(=O)(=O)N1CCCCCC1. The van der Waals surface area contributed by atoms with Crippen LogP contribution in [0.1, 0.15) is 31.2 Å². The molecule has 0 bridgehead atoms. The molecule has 2 rings (SSSR count). The van der Waals surface area contributed by atoms with Crippen LogP contribution in [0, 0.1) is 11.3 Å². The molecule has 20 heavy (non-hydrogen) atoms. The Hall–Kier alpha value is -1.29. The fourth-order valence-corrected chi connectivity index (χ4v) is 3.67. The maximum absolute atomic E-state index is 12.3. The molecule has 1 heterocycles. The minimum atomic E-state index is -3.64. The van der Waals surface area contributed by atoms with Gasteiger partial charge in [-0.3, -0.25) is 4.72 Å². The molecule has 0 amide bonds. The molecule has 1 fully saturated rings. The van der Waals surface area contributed by atoms with Gasteiger partial charge in [0.15, 0.2) is 0 Å². The van der Waals surface area contributed by atoms with Crippen LogP contribution >= 0.6 is 11.6 Å². The molecule has 1 aliphatic heterocycles. The Kier molecular flexibility index (Phi) is 4.86. The van der Waals surface area contributed by atoms with Crippen LogP contribution in [0.15, 0.2) is 18.2 Å². The lowest BCUT2D eigenvalue weighted by atomic mass is 10.2. The van der Waals surface area contributed by atoms with E-state index in [4.69, 9.17) is 16.9 Å². The van der Waals surface area contributed by atoms with Gasteiger partial charge in [0.2, 0.25) is 0 Å². The van der Waals surface area contributed by atoms with E-state index in [1.807, 2.05) is 6.07 Å². The van der Waals surface area contributed by atoms with Crippen molar-refractivity contribution in [2.24, 2.45) is 0 Å². The van der Waals surface area contributed by atoms with Gasteiger partial charge in [-0.15, -0.1) is 0 Å². The van der Waals surface area contributed by atoms with E-state index in [9.17, 15) is 8.42 Å². The third kappa shape index (κ3) is 3.63. The lowest BCUT2D eigenvalue weighted by Crippen LogP contribution is -2.36. The van der Waals surface area contributed by atoms with Gasteiger partial charge < -0.3 is 0 Å². The maximum atomic E-state index is 12.3. The summed E-state index contributed by atoms with van der Waals surface area (Å²) < 4.78 is 28.6. The molecule has 0 atom stereocenters. The van der Waals surface area contributed by atoms with Crippen molar-refractivity contribution in [2.75, 3.05) is 17.8 Å². The van der Waals surface area contributed by atoms with Gasteiger partial charge in [-0.05, 0) is 31.0 Å². The van der Waals surface area contributed by atoms with Crippen LogP contribution in [0.3, 0.4) is 0 Å². The first-order valence-electron chi connectivity index (χ1n) is 6.50. The second kappa shape index (κ2) is 6.44. The summed E-state index contributed by atoms with van der Waals surface area (Å²) in [5, 5.41) is 9.41. The van der Waals surface area contributed by atoms with Crippen molar-refractivity contribution < 1.29 is 8.42 Å². The first-order valence-corrected chi connectivity index (χ1v) is 8.32. The maximum Gasteiger partial charge on any atom is 0.301 e. The molecule has 0 aliphatic carbocycles. The molecule has 5 nitrogen and oxygen atoms in total. The first-order chi connectivity index (χ1) is 9.53. The van der Waals surface area contributed by atoms with Crippen molar-refractivity contribution in [3.63, 3.8) is 0 Å². The van der Waals surface area contributed by atoms with E-state index in [-0.39, 0.29) is 11.3 Å². The molecule has 0 radical (unpaired) electrons. The van der Waals surface area contributed by atoms with Crippen LogP contribution in [-0.2, 0) is 10.2 Å². The highest BCUT2D eigenvalue weighted by Gasteiger charge is 2.23. The number of nitriles is 1. The second-order valence-electron chi connectivity index (χ2n) is 4.72. The van der Waals surface area contributed by atoms with Crippen LogP contribution in [0.4, 0.5) is 5.69 Å². The summed E-state index contributed by atoms with van der Waals surface area (Å²) in [5.74, 6) is 0.